The van der Waals surface area contributed by atoms with Crippen molar-refractivity contribution in [3.63, 3.8) is 0 Å². The number of hydrogen-bond acceptors (Lipinski definition) is 3. The third kappa shape index (κ3) is 3.55. The molecule has 19 heavy (non-hydrogen) atoms. The van der Waals surface area contributed by atoms with Gasteiger partial charge < -0.3 is 15.7 Å². The predicted molar refractivity (Wildman–Crippen MR) is 74.6 cm³/mol. The maximum absolute atomic E-state index is 12.3. The minimum Gasteiger partial charge on any atom is -0.394 e. The van der Waals surface area contributed by atoms with Crippen LogP contribution < -0.4 is 10.6 Å². The van der Waals surface area contributed by atoms with Crippen LogP contribution >= 0.6 is 0 Å². The molecule has 0 spiro atoms. The highest BCUT2D eigenvalue weighted by Gasteiger charge is 2.28. The number of aliphatic hydroxyl groups is 1. The molecule has 1 saturated heterocycles. The molecule has 2 rings (SSSR count). The quantitative estimate of drug-likeness (QED) is 0.764. The van der Waals surface area contributed by atoms with Crippen LogP contribution in [0.5, 0.6) is 0 Å². The average Bonchev–Trinajstić information content (AvgIpc) is 2.46. The van der Waals surface area contributed by atoms with E-state index in [2.05, 4.69) is 17.6 Å². The summed E-state index contributed by atoms with van der Waals surface area (Å²) in [4.78, 5) is 12.3. The fraction of sp³-hybridized carbons (Fsp3) is 0.533. The van der Waals surface area contributed by atoms with Gasteiger partial charge in [0.15, 0.2) is 0 Å². The number of rotatable bonds is 4. The van der Waals surface area contributed by atoms with Crippen molar-refractivity contribution < 1.29 is 9.90 Å². The number of benzene rings is 1. The second-order valence-corrected chi connectivity index (χ2v) is 5.21. The Labute approximate surface area is 114 Å². The SMILES string of the molecule is CC1CCCNC1C(=O)N[C@H](CO)c1ccccc1. The minimum atomic E-state index is -0.329. The zero-order valence-corrected chi connectivity index (χ0v) is 11.3. The van der Waals surface area contributed by atoms with E-state index in [1.165, 1.54) is 0 Å². The molecule has 0 radical (unpaired) electrons. The third-order valence-corrected chi connectivity index (χ3v) is 3.75. The number of aliphatic hydroxyl groups excluding tert-OH is 1. The van der Waals surface area contributed by atoms with Crippen molar-refractivity contribution in [2.45, 2.75) is 31.8 Å². The van der Waals surface area contributed by atoms with E-state index in [0.29, 0.717) is 5.92 Å². The van der Waals surface area contributed by atoms with Crippen LogP contribution in [0.1, 0.15) is 31.4 Å². The normalized spacial score (nSPS) is 24.7. The van der Waals surface area contributed by atoms with Crippen LogP contribution in [0.2, 0.25) is 0 Å². The summed E-state index contributed by atoms with van der Waals surface area (Å²) >= 11 is 0. The molecule has 4 nitrogen and oxygen atoms in total. The first-order valence-electron chi connectivity index (χ1n) is 6.92. The molecule has 0 aromatic heterocycles. The van der Waals surface area contributed by atoms with Crippen LogP contribution in [-0.4, -0.2) is 30.2 Å². The Bertz CT molecular complexity index is 408. The Hall–Kier alpha value is -1.39. The summed E-state index contributed by atoms with van der Waals surface area (Å²) in [5.41, 5.74) is 0.932. The zero-order valence-electron chi connectivity index (χ0n) is 11.3. The van der Waals surface area contributed by atoms with Gasteiger partial charge in [0.2, 0.25) is 5.91 Å². The van der Waals surface area contributed by atoms with Crippen molar-refractivity contribution in [2.75, 3.05) is 13.2 Å². The van der Waals surface area contributed by atoms with Crippen molar-refractivity contribution in [3.8, 4) is 0 Å². The summed E-state index contributed by atoms with van der Waals surface area (Å²) in [5, 5.41) is 15.6. The molecule has 1 aliphatic heterocycles. The van der Waals surface area contributed by atoms with Crippen LogP contribution in [-0.2, 0) is 4.79 Å². The summed E-state index contributed by atoms with van der Waals surface area (Å²) in [6, 6.07) is 9.09. The van der Waals surface area contributed by atoms with Crippen molar-refractivity contribution in [1.29, 1.82) is 0 Å². The molecule has 4 heteroatoms. The minimum absolute atomic E-state index is 0.0184. The van der Waals surface area contributed by atoms with Gasteiger partial charge in [0.25, 0.3) is 0 Å². The zero-order chi connectivity index (χ0) is 13.7. The molecule has 2 unspecified atom stereocenters. The van der Waals surface area contributed by atoms with E-state index in [-0.39, 0.29) is 24.6 Å². The Morgan fingerprint density at radius 2 is 2.21 bits per heavy atom. The van der Waals surface area contributed by atoms with Gasteiger partial charge in [0.05, 0.1) is 18.7 Å². The van der Waals surface area contributed by atoms with Gasteiger partial charge in [-0.1, -0.05) is 37.3 Å². The van der Waals surface area contributed by atoms with Gasteiger partial charge in [-0.2, -0.15) is 0 Å². The third-order valence-electron chi connectivity index (χ3n) is 3.75. The van der Waals surface area contributed by atoms with Gasteiger partial charge in [-0.3, -0.25) is 4.79 Å². The Balaban J connectivity index is 2.00. The molecule has 0 saturated carbocycles. The highest BCUT2D eigenvalue weighted by molar-refractivity contribution is 5.82. The molecule has 1 fully saturated rings. The molecule has 1 heterocycles. The first-order chi connectivity index (χ1) is 9.22. The van der Waals surface area contributed by atoms with Crippen LogP contribution in [0.15, 0.2) is 30.3 Å². The van der Waals surface area contributed by atoms with Crippen LogP contribution in [0.25, 0.3) is 0 Å². The molecular weight excluding hydrogens is 240 g/mol. The molecule has 1 aromatic rings. The number of piperidine rings is 1. The molecule has 3 atom stereocenters. The Morgan fingerprint density at radius 1 is 1.47 bits per heavy atom. The Morgan fingerprint density at radius 3 is 2.84 bits per heavy atom. The largest absolute Gasteiger partial charge is 0.394 e. The van der Waals surface area contributed by atoms with E-state index in [0.717, 1.165) is 24.9 Å². The van der Waals surface area contributed by atoms with Crippen LogP contribution in [0.4, 0.5) is 0 Å². The number of amides is 1. The van der Waals surface area contributed by atoms with Crippen molar-refractivity contribution in [2.24, 2.45) is 5.92 Å². The first kappa shape index (κ1) is 14.0. The average molecular weight is 262 g/mol. The summed E-state index contributed by atoms with van der Waals surface area (Å²) in [7, 11) is 0. The van der Waals surface area contributed by atoms with E-state index in [1.54, 1.807) is 0 Å². The van der Waals surface area contributed by atoms with Crippen molar-refractivity contribution >= 4 is 5.91 Å². The molecular formula is C15H22N2O2. The van der Waals surface area contributed by atoms with Gasteiger partial charge >= 0.3 is 0 Å². The van der Waals surface area contributed by atoms with Crippen LogP contribution in [0.3, 0.4) is 0 Å². The van der Waals surface area contributed by atoms with E-state index >= 15 is 0 Å². The Kier molecular flexibility index (Phi) is 4.93. The van der Waals surface area contributed by atoms with Crippen molar-refractivity contribution in [3.05, 3.63) is 35.9 Å². The lowest BCUT2D eigenvalue weighted by molar-refractivity contribution is -0.125. The second-order valence-electron chi connectivity index (χ2n) is 5.21. The van der Waals surface area contributed by atoms with E-state index in [9.17, 15) is 9.90 Å². The van der Waals surface area contributed by atoms with Gasteiger partial charge in [0.1, 0.15) is 0 Å². The molecule has 1 aliphatic rings. The molecule has 104 valence electrons. The van der Waals surface area contributed by atoms with E-state index < -0.39 is 0 Å². The summed E-state index contributed by atoms with van der Waals surface area (Å²) in [6.45, 7) is 2.89. The first-order valence-corrected chi connectivity index (χ1v) is 6.92. The van der Waals surface area contributed by atoms with Crippen molar-refractivity contribution in [1.82, 2.24) is 10.6 Å². The maximum Gasteiger partial charge on any atom is 0.237 e. The number of carbonyl (C=O) groups excluding carboxylic acids is 1. The molecule has 0 bridgehead atoms. The molecule has 0 aliphatic carbocycles. The predicted octanol–water partition coefficient (Wildman–Crippen LogP) is 1.22. The summed E-state index contributed by atoms with van der Waals surface area (Å²) in [5.74, 6) is 0.318. The topological polar surface area (TPSA) is 61.4 Å². The fourth-order valence-corrected chi connectivity index (χ4v) is 2.58. The smallest absolute Gasteiger partial charge is 0.237 e. The molecule has 3 N–H and O–H groups in total. The highest BCUT2D eigenvalue weighted by Crippen LogP contribution is 2.17. The van der Waals surface area contributed by atoms with Gasteiger partial charge in [0, 0.05) is 0 Å². The molecule has 1 aromatic carbocycles. The van der Waals surface area contributed by atoms with E-state index in [1.807, 2.05) is 30.3 Å². The lowest BCUT2D eigenvalue weighted by atomic mass is 9.92. The lowest BCUT2D eigenvalue weighted by Crippen LogP contribution is -2.51. The number of nitrogens with one attached hydrogen (secondary N) is 2. The van der Waals surface area contributed by atoms with Gasteiger partial charge in [-0.15, -0.1) is 0 Å². The second kappa shape index (κ2) is 6.68. The van der Waals surface area contributed by atoms with Crippen LogP contribution in [0, 0.1) is 5.92 Å². The fourth-order valence-electron chi connectivity index (χ4n) is 2.58. The highest BCUT2D eigenvalue weighted by atomic mass is 16.3. The number of hydrogen-bond donors (Lipinski definition) is 3. The standard InChI is InChI=1S/C15H22N2O2/c1-11-6-5-9-16-14(11)15(19)17-13(10-18)12-7-3-2-4-8-12/h2-4,7-8,11,13-14,16,18H,5-6,9-10H2,1H3,(H,17,19)/t11?,13-,14?/m1/s1. The summed E-state index contributed by atoms with van der Waals surface area (Å²) in [6.07, 6.45) is 2.19. The van der Waals surface area contributed by atoms with E-state index in [4.69, 9.17) is 0 Å². The number of carbonyl (C=O) groups is 1. The molecule has 1 amide bonds. The summed E-state index contributed by atoms with van der Waals surface area (Å²) < 4.78 is 0. The monoisotopic (exact) mass is 262 g/mol. The maximum atomic E-state index is 12.3. The van der Waals surface area contributed by atoms with Gasteiger partial charge in [-0.25, -0.2) is 0 Å². The van der Waals surface area contributed by atoms with Gasteiger partial charge in [-0.05, 0) is 30.9 Å². The lowest BCUT2D eigenvalue weighted by Gasteiger charge is -2.30.